The number of halogens is 3. The van der Waals surface area contributed by atoms with Crippen molar-refractivity contribution in [1.82, 2.24) is 0 Å². The topological polar surface area (TPSA) is 0 Å². The molecule has 1 heterocycles. The molecule has 0 aliphatic heterocycles. The van der Waals surface area contributed by atoms with Gasteiger partial charge in [0.2, 0.25) is 0 Å². The predicted octanol–water partition coefficient (Wildman–Crippen LogP) is 6.27. The van der Waals surface area contributed by atoms with Crippen molar-refractivity contribution in [2.24, 2.45) is 0 Å². The first kappa shape index (κ1) is 13.6. The summed E-state index contributed by atoms with van der Waals surface area (Å²) in [6.07, 6.45) is 0. The number of hydrogen-bond donors (Lipinski definition) is 0. The molecular formula is C13H11Br2ClS. The Labute approximate surface area is 127 Å². The summed E-state index contributed by atoms with van der Waals surface area (Å²) < 4.78 is 1.16. The molecule has 0 nitrogen and oxygen atoms in total. The minimum atomic E-state index is 0.197. The van der Waals surface area contributed by atoms with Crippen LogP contribution >= 0.6 is 54.8 Å². The Bertz CT molecular complexity index is 548. The summed E-state index contributed by atoms with van der Waals surface area (Å²) in [5, 5.41) is 0.818. The predicted molar refractivity (Wildman–Crippen MR) is 83.7 cm³/mol. The van der Waals surface area contributed by atoms with E-state index in [1.54, 1.807) is 11.3 Å². The van der Waals surface area contributed by atoms with Gasteiger partial charge in [0.1, 0.15) is 0 Å². The Balaban J connectivity index is 2.40. The summed E-state index contributed by atoms with van der Waals surface area (Å²) in [5.41, 5.74) is 3.59. The van der Waals surface area contributed by atoms with E-state index in [2.05, 4.69) is 57.0 Å². The van der Waals surface area contributed by atoms with Gasteiger partial charge in [-0.3, -0.25) is 0 Å². The van der Waals surface area contributed by atoms with E-state index in [1.807, 2.05) is 13.0 Å². The molecule has 2 aromatic rings. The van der Waals surface area contributed by atoms with Crippen molar-refractivity contribution in [1.29, 1.82) is 0 Å². The average molecular weight is 395 g/mol. The van der Waals surface area contributed by atoms with Gasteiger partial charge in [0.15, 0.2) is 0 Å². The van der Waals surface area contributed by atoms with Crippen LogP contribution in [0.15, 0.2) is 28.1 Å². The molecule has 0 spiro atoms. The second-order valence-corrected chi connectivity index (χ2v) is 7.89. The molecule has 1 aromatic carbocycles. The molecular weight excluding hydrogens is 383 g/mol. The molecule has 0 saturated carbocycles. The third kappa shape index (κ3) is 2.95. The molecule has 1 atom stereocenters. The number of alkyl halides is 1. The summed E-state index contributed by atoms with van der Waals surface area (Å²) >= 11 is 15.2. The van der Waals surface area contributed by atoms with E-state index in [-0.39, 0.29) is 4.83 Å². The van der Waals surface area contributed by atoms with Gasteiger partial charge in [-0.1, -0.05) is 39.7 Å². The van der Waals surface area contributed by atoms with Crippen LogP contribution in [0.2, 0.25) is 5.02 Å². The number of aryl methyl sites for hydroxylation is 2. The maximum absolute atomic E-state index is 6.16. The van der Waals surface area contributed by atoms with Crippen molar-refractivity contribution in [3.8, 4) is 0 Å². The lowest BCUT2D eigenvalue weighted by Gasteiger charge is -2.11. The molecule has 1 unspecified atom stereocenters. The lowest BCUT2D eigenvalue weighted by atomic mass is 10.0. The second kappa shape index (κ2) is 5.43. The summed E-state index contributed by atoms with van der Waals surface area (Å²) in [5.74, 6) is 0. The molecule has 17 heavy (non-hydrogen) atoms. The molecule has 2 rings (SSSR count). The molecule has 1 aromatic heterocycles. The first-order valence-electron chi connectivity index (χ1n) is 5.15. The first-order chi connectivity index (χ1) is 7.99. The molecule has 0 bridgehead atoms. The summed E-state index contributed by atoms with van der Waals surface area (Å²) in [4.78, 5) is 1.51. The van der Waals surface area contributed by atoms with Crippen LogP contribution in [0.3, 0.4) is 0 Å². The zero-order valence-electron chi connectivity index (χ0n) is 9.43. The highest BCUT2D eigenvalue weighted by Gasteiger charge is 2.16. The maximum Gasteiger partial charge on any atom is 0.0704 e. The third-order valence-electron chi connectivity index (χ3n) is 2.69. The highest BCUT2D eigenvalue weighted by atomic mass is 79.9. The smallest absolute Gasteiger partial charge is 0.0704 e. The van der Waals surface area contributed by atoms with Crippen molar-refractivity contribution in [3.63, 3.8) is 0 Å². The number of hydrogen-bond acceptors (Lipinski definition) is 1. The molecule has 0 aliphatic rings. The van der Waals surface area contributed by atoms with E-state index in [1.165, 1.54) is 16.0 Å². The SMILES string of the molecule is Cc1ccc(C(Br)c2cc(Br)sc2C)cc1Cl. The van der Waals surface area contributed by atoms with Crippen molar-refractivity contribution >= 4 is 54.8 Å². The van der Waals surface area contributed by atoms with Gasteiger partial charge >= 0.3 is 0 Å². The minimum absolute atomic E-state index is 0.197. The third-order valence-corrected chi connectivity index (χ3v) is 5.69. The van der Waals surface area contributed by atoms with Gasteiger partial charge in [0, 0.05) is 9.90 Å². The lowest BCUT2D eigenvalue weighted by Crippen LogP contribution is -1.93. The van der Waals surface area contributed by atoms with E-state index >= 15 is 0 Å². The monoisotopic (exact) mass is 392 g/mol. The molecule has 0 N–H and O–H groups in total. The highest BCUT2D eigenvalue weighted by Crippen LogP contribution is 2.39. The van der Waals surface area contributed by atoms with Crippen molar-refractivity contribution in [3.05, 3.63) is 54.6 Å². The molecule has 0 saturated heterocycles. The molecule has 0 fully saturated rings. The lowest BCUT2D eigenvalue weighted by molar-refractivity contribution is 1.16. The van der Waals surface area contributed by atoms with Crippen LogP contribution < -0.4 is 0 Å². The Morgan fingerprint density at radius 3 is 2.47 bits per heavy atom. The molecule has 0 radical (unpaired) electrons. The second-order valence-electron chi connectivity index (χ2n) is 3.93. The van der Waals surface area contributed by atoms with Crippen LogP contribution in [0.5, 0.6) is 0 Å². The quantitative estimate of drug-likeness (QED) is 0.527. The van der Waals surface area contributed by atoms with E-state index < -0.39 is 0 Å². The fourth-order valence-electron chi connectivity index (χ4n) is 1.66. The Hall–Kier alpha value is 0.170. The fourth-order valence-corrected chi connectivity index (χ4v) is 4.51. The van der Waals surface area contributed by atoms with Gasteiger partial charge in [-0.25, -0.2) is 0 Å². The Morgan fingerprint density at radius 2 is 1.94 bits per heavy atom. The van der Waals surface area contributed by atoms with Crippen LogP contribution in [0, 0.1) is 13.8 Å². The summed E-state index contributed by atoms with van der Waals surface area (Å²) in [7, 11) is 0. The zero-order chi connectivity index (χ0) is 12.6. The number of thiophene rings is 1. The Kier molecular flexibility index (Phi) is 4.35. The van der Waals surface area contributed by atoms with Gasteiger partial charge in [0.25, 0.3) is 0 Å². The standard InChI is InChI=1S/C13H11Br2ClS/c1-7-3-4-9(5-11(7)16)13(15)10-6-12(14)17-8(10)2/h3-6,13H,1-2H3. The average Bonchev–Trinajstić information content (AvgIpc) is 2.61. The van der Waals surface area contributed by atoms with Crippen LogP contribution in [-0.4, -0.2) is 0 Å². The van der Waals surface area contributed by atoms with E-state index in [0.717, 1.165) is 14.4 Å². The van der Waals surface area contributed by atoms with Gasteiger partial charge in [-0.15, -0.1) is 11.3 Å². The fraction of sp³-hybridized carbons (Fsp3) is 0.231. The number of rotatable bonds is 2. The van der Waals surface area contributed by atoms with Crippen molar-refractivity contribution < 1.29 is 0 Å². The summed E-state index contributed by atoms with van der Waals surface area (Å²) in [6.45, 7) is 4.15. The minimum Gasteiger partial charge on any atom is -0.133 e. The van der Waals surface area contributed by atoms with Gasteiger partial charge in [0.05, 0.1) is 8.61 Å². The Morgan fingerprint density at radius 1 is 1.24 bits per heavy atom. The highest BCUT2D eigenvalue weighted by molar-refractivity contribution is 9.11. The zero-order valence-corrected chi connectivity index (χ0v) is 14.2. The normalized spacial score (nSPS) is 12.8. The van der Waals surface area contributed by atoms with Crippen LogP contribution in [-0.2, 0) is 0 Å². The molecule has 0 amide bonds. The van der Waals surface area contributed by atoms with E-state index in [4.69, 9.17) is 11.6 Å². The molecule has 4 heteroatoms. The van der Waals surface area contributed by atoms with Crippen molar-refractivity contribution in [2.75, 3.05) is 0 Å². The van der Waals surface area contributed by atoms with Crippen molar-refractivity contribution in [2.45, 2.75) is 18.7 Å². The van der Waals surface area contributed by atoms with Gasteiger partial charge < -0.3 is 0 Å². The number of benzene rings is 1. The van der Waals surface area contributed by atoms with Crippen LogP contribution in [0.1, 0.15) is 26.4 Å². The maximum atomic E-state index is 6.16. The van der Waals surface area contributed by atoms with Crippen LogP contribution in [0.25, 0.3) is 0 Å². The van der Waals surface area contributed by atoms with E-state index in [0.29, 0.717) is 0 Å². The summed E-state index contributed by atoms with van der Waals surface area (Å²) in [6, 6.07) is 8.36. The van der Waals surface area contributed by atoms with Crippen LogP contribution in [0.4, 0.5) is 0 Å². The first-order valence-corrected chi connectivity index (χ1v) is 8.05. The molecule has 90 valence electrons. The molecule has 0 aliphatic carbocycles. The van der Waals surface area contributed by atoms with Gasteiger partial charge in [-0.2, -0.15) is 0 Å². The van der Waals surface area contributed by atoms with E-state index in [9.17, 15) is 0 Å². The van der Waals surface area contributed by atoms with Gasteiger partial charge in [-0.05, 0) is 58.6 Å². The largest absolute Gasteiger partial charge is 0.133 e.